The predicted molar refractivity (Wildman–Crippen MR) is 133 cm³/mol. The molecule has 160 valence electrons. The van der Waals surface area contributed by atoms with Crippen molar-refractivity contribution >= 4 is 52.9 Å². The van der Waals surface area contributed by atoms with Crippen LogP contribution in [0, 0.1) is 13.8 Å². The minimum Gasteiger partial charge on any atom is -0.381 e. The summed E-state index contributed by atoms with van der Waals surface area (Å²) in [6.07, 6.45) is 2.83. The number of rotatable bonds is 6. The summed E-state index contributed by atoms with van der Waals surface area (Å²) >= 11 is 8.03. The highest BCUT2D eigenvalue weighted by atomic mass is 127. The maximum absolute atomic E-state index is 6.26. The van der Waals surface area contributed by atoms with Gasteiger partial charge in [0.15, 0.2) is 5.96 Å². The highest BCUT2D eigenvalue weighted by molar-refractivity contribution is 14.0. The van der Waals surface area contributed by atoms with Crippen molar-refractivity contribution in [3.8, 4) is 0 Å². The summed E-state index contributed by atoms with van der Waals surface area (Å²) in [7, 11) is 1.81. The second-order valence-corrected chi connectivity index (χ2v) is 8.98. The Morgan fingerprint density at radius 2 is 2.03 bits per heavy atom. The third-order valence-electron chi connectivity index (χ3n) is 5.41. The lowest BCUT2D eigenvalue weighted by atomic mass is 9.74. The van der Waals surface area contributed by atoms with E-state index < -0.39 is 0 Å². The van der Waals surface area contributed by atoms with Gasteiger partial charge in [0, 0.05) is 55.1 Å². The SMILES string of the molecule is CN=C(NCCc1nc(C)c(C)s1)NCC1(c2cccc(Cl)c2)CCOCC1.I. The van der Waals surface area contributed by atoms with Crippen molar-refractivity contribution in [3.63, 3.8) is 0 Å². The van der Waals surface area contributed by atoms with Crippen LogP contribution in [-0.4, -0.2) is 44.3 Å². The fourth-order valence-corrected chi connectivity index (χ4v) is 4.68. The zero-order valence-electron chi connectivity index (χ0n) is 17.3. The standard InChI is InChI=1S/C21H29ClN4OS.HI/c1-15-16(2)28-19(26-15)7-10-24-20(23-3)25-14-21(8-11-27-12-9-21)17-5-4-6-18(22)13-17;/h4-6,13H,7-12,14H2,1-3H3,(H2,23,24,25);1H. The van der Waals surface area contributed by atoms with Crippen molar-refractivity contribution in [2.24, 2.45) is 4.99 Å². The largest absolute Gasteiger partial charge is 0.381 e. The molecule has 0 radical (unpaired) electrons. The Labute approximate surface area is 199 Å². The van der Waals surface area contributed by atoms with Gasteiger partial charge in [-0.1, -0.05) is 23.7 Å². The number of hydrogen-bond acceptors (Lipinski definition) is 4. The molecule has 0 unspecified atom stereocenters. The molecular weight excluding hydrogens is 519 g/mol. The van der Waals surface area contributed by atoms with Crippen molar-refractivity contribution in [1.82, 2.24) is 15.6 Å². The molecule has 0 aliphatic carbocycles. The van der Waals surface area contributed by atoms with Gasteiger partial charge in [0.25, 0.3) is 0 Å². The number of halogens is 2. The van der Waals surface area contributed by atoms with Crippen LogP contribution in [0.15, 0.2) is 29.3 Å². The first-order valence-corrected chi connectivity index (χ1v) is 10.9. The minimum absolute atomic E-state index is 0. The normalized spacial score (nSPS) is 16.2. The van der Waals surface area contributed by atoms with Crippen LogP contribution in [0.1, 0.15) is 34.0 Å². The molecule has 0 spiro atoms. The Hall–Kier alpha value is -0.900. The summed E-state index contributed by atoms with van der Waals surface area (Å²) in [4.78, 5) is 10.3. The number of aromatic nitrogens is 1. The topological polar surface area (TPSA) is 58.5 Å². The van der Waals surface area contributed by atoms with E-state index in [1.807, 2.05) is 19.2 Å². The highest BCUT2D eigenvalue weighted by Crippen LogP contribution is 2.35. The van der Waals surface area contributed by atoms with E-state index >= 15 is 0 Å². The molecule has 1 saturated heterocycles. The lowest BCUT2D eigenvalue weighted by molar-refractivity contribution is 0.0514. The first kappa shape index (κ1) is 24.4. The molecule has 2 heterocycles. The molecule has 2 N–H and O–H groups in total. The van der Waals surface area contributed by atoms with Crippen LogP contribution in [-0.2, 0) is 16.6 Å². The van der Waals surface area contributed by atoms with E-state index in [0.717, 1.165) is 67.2 Å². The van der Waals surface area contributed by atoms with Gasteiger partial charge in [0.1, 0.15) is 0 Å². The van der Waals surface area contributed by atoms with E-state index in [4.69, 9.17) is 16.3 Å². The summed E-state index contributed by atoms with van der Waals surface area (Å²) in [5, 5.41) is 8.88. The molecule has 3 rings (SSSR count). The number of thiazole rings is 1. The maximum Gasteiger partial charge on any atom is 0.191 e. The molecule has 0 atom stereocenters. The number of benzene rings is 1. The number of ether oxygens (including phenoxy) is 1. The zero-order chi connectivity index (χ0) is 20.0. The summed E-state index contributed by atoms with van der Waals surface area (Å²) in [6.45, 7) is 7.32. The van der Waals surface area contributed by atoms with Crippen LogP contribution in [0.2, 0.25) is 5.02 Å². The highest BCUT2D eigenvalue weighted by Gasteiger charge is 2.34. The van der Waals surface area contributed by atoms with Crippen molar-refractivity contribution in [3.05, 3.63) is 50.4 Å². The van der Waals surface area contributed by atoms with E-state index in [1.54, 1.807) is 11.3 Å². The quantitative estimate of drug-likeness (QED) is 0.317. The molecule has 1 aromatic carbocycles. The van der Waals surface area contributed by atoms with Crippen molar-refractivity contribution in [2.75, 3.05) is 33.4 Å². The number of hydrogen-bond donors (Lipinski definition) is 2. The number of nitrogens with one attached hydrogen (secondary N) is 2. The molecule has 5 nitrogen and oxygen atoms in total. The number of nitrogens with zero attached hydrogens (tertiary/aromatic N) is 2. The van der Waals surface area contributed by atoms with Gasteiger partial charge in [-0.25, -0.2) is 4.98 Å². The third-order valence-corrected chi connectivity index (χ3v) is 6.78. The Kier molecular flexibility index (Phi) is 9.65. The fraction of sp³-hybridized carbons (Fsp3) is 0.524. The number of aliphatic imine (C=N–C) groups is 1. The number of aryl methyl sites for hydroxylation is 2. The van der Waals surface area contributed by atoms with Gasteiger partial charge in [-0.05, 0) is 44.4 Å². The average molecular weight is 549 g/mol. The van der Waals surface area contributed by atoms with E-state index in [9.17, 15) is 0 Å². The van der Waals surface area contributed by atoms with Crippen molar-refractivity contribution < 1.29 is 4.74 Å². The molecule has 1 aromatic heterocycles. The Morgan fingerprint density at radius 3 is 2.66 bits per heavy atom. The number of guanidine groups is 1. The van der Waals surface area contributed by atoms with Crippen LogP contribution >= 0.6 is 46.9 Å². The molecule has 0 saturated carbocycles. The van der Waals surface area contributed by atoms with Gasteiger partial charge in [-0.2, -0.15) is 0 Å². The van der Waals surface area contributed by atoms with E-state index in [-0.39, 0.29) is 29.4 Å². The second kappa shape index (κ2) is 11.5. The smallest absolute Gasteiger partial charge is 0.191 e. The molecule has 0 amide bonds. The van der Waals surface area contributed by atoms with E-state index in [0.29, 0.717) is 0 Å². The first-order chi connectivity index (χ1) is 13.5. The van der Waals surface area contributed by atoms with Gasteiger partial charge in [0.05, 0.1) is 10.7 Å². The molecule has 8 heteroatoms. The average Bonchev–Trinajstić information content (AvgIpc) is 3.02. The summed E-state index contributed by atoms with van der Waals surface area (Å²) in [5.41, 5.74) is 2.40. The van der Waals surface area contributed by atoms with Crippen LogP contribution in [0.4, 0.5) is 0 Å². The fourth-order valence-electron chi connectivity index (χ4n) is 3.56. The van der Waals surface area contributed by atoms with Gasteiger partial charge in [-0.3, -0.25) is 4.99 Å². The molecular formula is C21H30ClIN4OS. The summed E-state index contributed by atoms with van der Waals surface area (Å²) in [5.74, 6) is 0.817. The van der Waals surface area contributed by atoms with Gasteiger partial charge < -0.3 is 15.4 Å². The predicted octanol–water partition coefficient (Wildman–Crippen LogP) is 4.49. The van der Waals surface area contributed by atoms with Crippen LogP contribution < -0.4 is 10.6 Å². The van der Waals surface area contributed by atoms with Crippen LogP contribution in [0.25, 0.3) is 0 Å². The van der Waals surface area contributed by atoms with Crippen LogP contribution in [0.5, 0.6) is 0 Å². The molecule has 29 heavy (non-hydrogen) atoms. The van der Waals surface area contributed by atoms with Gasteiger partial charge >= 0.3 is 0 Å². The first-order valence-electron chi connectivity index (χ1n) is 9.74. The molecule has 1 aliphatic heterocycles. The third kappa shape index (κ3) is 6.54. The lowest BCUT2D eigenvalue weighted by Crippen LogP contribution is -2.48. The van der Waals surface area contributed by atoms with Crippen molar-refractivity contribution in [2.45, 2.75) is 38.5 Å². The Morgan fingerprint density at radius 1 is 1.28 bits per heavy atom. The Bertz CT molecular complexity index is 801. The van der Waals surface area contributed by atoms with Gasteiger partial charge in [0.2, 0.25) is 0 Å². The monoisotopic (exact) mass is 548 g/mol. The second-order valence-electron chi connectivity index (χ2n) is 7.25. The summed E-state index contributed by atoms with van der Waals surface area (Å²) in [6, 6.07) is 8.20. The zero-order valence-corrected chi connectivity index (χ0v) is 21.2. The van der Waals surface area contributed by atoms with Crippen molar-refractivity contribution in [1.29, 1.82) is 0 Å². The summed E-state index contributed by atoms with van der Waals surface area (Å²) < 4.78 is 5.62. The van der Waals surface area contributed by atoms with E-state index in [1.165, 1.54) is 10.4 Å². The van der Waals surface area contributed by atoms with E-state index in [2.05, 4.69) is 46.6 Å². The molecule has 0 bridgehead atoms. The van der Waals surface area contributed by atoms with Crippen LogP contribution in [0.3, 0.4) is 0 Å². The molecule has 1 fully saturated rings. The Balaban J connectivity index is 0.00000300. The van der Waals surface area contributed by atoms with Gasteiger partial charge in [-0.15, -0.1) is 35.3 Å². The maximum atomic E-state index is 6.26. The molecule has 1 aliphatic rings. The minimum atomic E-state index is 0. The molecule has 2 aromatic rings. The lowest BCUT2D eigenvalue weighted by Gasteiger charge is -2.38.